The predicted octanol–water partition coefficient (Wildman–Crippen LogP) is 4.71. The molecule has 0 saturated carbocycles. The maximum atomic E-state index is 9.73. The Morgan fingerprint density at radius 3 is 1.86 bits per heavy atom. The Morgan fingerprint density at radius 1 is 1.05 bits per heavy atom. The summed E-state index contributed by atoms with van der Waals surface area (Å²) in [5.74, 6) is -4.95. The number of halogens is 2. The Morgan fingerprint density at radius 2 is 1.55 bits per heavy atom. The third-order valence-corrected chi connectivity index (χ3v) is 4.20. The van der Waals surface area contributed by atoms with E-state index in [-0.39, 0.29) is 23.1 Å². The average Bonchev–Trinajstić information content (AvgIpc) is 2.22. The molecule has 0 unspecified atom stereocenters. The van der Waals surface area contributed by atoms with Crippen LogP contribution >= 0.6 is 28.5 Å². The van der Waals surface area contributed by atoms with Crippen LogP contribution in [0.1, 0.15) is 58.2 Å². The SMILES string of the molecule is CC(C)(C)c1cc(CN)c(OP(O)(O)(Cl)Cl)c(C(C)(C)C)c1. The van der Waals surface area contributed by atoms with Gasteiger partial charge in [-0.3, -0.25) is 0 Å². The summed E-state index contributed by atoms with van der Waals surface area (Å²) in [5.41, 5.74) is 7.90. The van der Waals surface area contributed by atoms with Gasteiger partial charge in [0.05, 0.1) is 0 Å². The Balaban J connectivity index is 3.67. The van der Waals surface area contributed by atoms with Gasteiger partial charge in [0, 0.05) is 0 Å². The number of rotatable bonds is 3. The summed E-state index contributed by atoms with van der Waals surface area (Å²) in [5, 5.41) is 0. The molecule has 0 aliphatic rings. The molecule has 1 aromatic carbocycles. The molecule has 0 aliphatic carbocycles. The molecule has 4 nitrogen and oxygen atoms in total. The molecule has 128 valence electrons. The summed E-state index contributed by atoms with van der Waals surface area (Å²) in [6, 6.07) is 3.87. The van der Waals surface area contributed by atoms with E-state index in [2.05, 4.69) is 20.8 Å². The third kappa shape index (κ3) is 5.52. The first-order valence-electron chi connectivity index (χ1n) is 7.04. The van der Waals surface area contributed by atoms with Crippen molar-refractivity contribution in [3.05, 3.63) is 28.8 Å². The number of benzene rings is 1. The van der Waals surface area contributed by atoms with Gasteiger partial charge in [-0.25, -0.2) is 0 Å². The molecular weight excluding hydrogens is 344 g/mol. The minimum atomic E-state index is -5.20. The molecule has 0 aromatic heterocycles. The molecule has 0 amide bonds. The van der Waals surface area contributed by atoms with Crippen molar-refractivity contribution in [1.29, 1.82) is 0 Å². The average molecular weight is 370 g/mol. The van der Waals surface area contributed by atoms with Crippen molar-refractivity contribution in [3.63, 3.8) is 0 Å². The zero-order chi connectivity index (χ0) is 17.6. The summed E-state index contributed by atoms with van der Waals surface area (Å²) in [6.45, 7) is 12.4. The molecule has 0 heterocycles. The van der Waals surface area contributed by atoms with Crippen LogP contribution in [0.4, 0.5) is 0 Å². The van der Waals surface area contributed by atoms with Crippen LogP contribution in [-0.2, 0) is 17.4 Å². The van der Waals surface area contributed by atoms with Crippen molar-refractivity contribution in [2.75, 3.05) is 0 Å². The molecule has 0 fully saturated rings. The van der Waals surface area contributed by atoms with Crippen molar-refractivity contribution in [2.24, 2.45) is 5.73 Å². The van der Waals surface area contributed by atoms with Crippen LogP contribution in [0.5, 0.6) is 5.75 Å². The monoisotopic (exact) mass is 369 g/mol. The van der Waals surface area contributed by atoms with Crippen LogP contribution < -0.4 is 10.3 Å². The first kappa shape index (κ1) is 20.0. The van der Waals surface area contributed by atoms with E-state index >= 15 is 0 Å². The van der Waals surface area contributed by atoms with Gasteiger partial charge in [-0.1, -0.05) is 0 Å². The van der Waals surface area contributed by atoms with Gasteiger partial charge in [-0.2, -0.15) is 0 Å². The molecule has 1 rings (SSSR count). The quantitative estimate of drug-likeness (QED) is 0.674. The fourth-order valence-electron chi connectivity index (χ4n) is 2.09. The Hall–Kier alpha value is -0.0900. The summed E-state index contributed by atoms with van der Waals surface area (Å²) < 4.78 is 5.23. The fourth-order valence-corrected chi connectivity index (χ4v) is 3.02. The second kappa shape index (κ2) is 5.77. The van der Waals surface area contributed by atoms with Crippen molar-refractivity contribution in [2.45, 2.75) is 58.9 Å². The first-order valence-corrected chi connectivity index (χ1v) is 10.9. The Labute approximate surface area is 142 Å². The van der Waals surface area contributed by atoms with E-state index in [4.69, 9.17) is 32.7 Å². The molecule has 1 aromatic rings. The van der Waals surface area contributed by atoms with Crippen LogP contribution in [0.2, 0.25) is 0 Å². The van der Waals surface area contributed by atoms with E-state index in [0.717, 1.165) is 11.1 Å². The van der Waals surface area contributed by atoms with E-state index in [0.29, 0.717) is 5.56 Å². The molecule has 0 radical (unpaired) electrons. The standard InChI is InChI=1S/C15H26Cl2NO3P/c1-14(2,3)11-7-10(9-18)13(21-22(16,17,19)20)12(8-11)15(4,5)6/h7-8,19-20H,9,18H2,1-6H3. The van der Waals surface area contributed by atoms with Crippen molar-refractivity contribution < 1.29 is 14.3 Å². The fraction of sp³-hybridized carbons (Fsp3) is 0.600. The summed E-state index contributed by atoms with van der Waals surface area (Å²) >= 11 is 11.1. The zero-order valence-electron chi connectivity index (χ0n) is 13.9. The molecule has 0 bridgehead atoms. The van der Waals surface area contributed by atoms with E-state index in [1.54, 1.807) is 0 Å². The number of hydrogen-bond donors (Lipinski definition) is 3. The van der Waals surface area contributed by atoms with Gasteiger partial charge in [-0.05, 0) is 0 Å². The van der Waals surface area contributed by atoms with Gasteiger partial charge in [0.25, 0.3) is 0 Å². The molecule has 0 aliphatic heterocycles. The van der Waals surface area contributed by atoms with Gasteiger partial charge in [0.2, 0.25) is 0 Å². The van der Waals surface area contributed by atoms with E-state index < -0.39 is 5.99 Å². The van der Waals surface area contributed by atoms with E-state index in [9.17, 15) is 9.79 Å². The Kier molecular flexibility index (Phi) is 5.23. The van der Waals surface area contributed by atoms with E-state index in [1.807, 2.05) is 32.9 Å². The predicted molar refractivity (Wildman–Crippen MR) is 95.4 cm³/mol. The molecule has 0 atom stereocenters. The normalized spacial score (nSPS) is 15.3. The Bertz CT molecular complexity index is 560. The van der Waals surface area contributed by atoms with Crippen molar-refractivity contribution in [1.82, 2.24) is 0 Å². The van der Waals surface area contributed by atoms with Gasteiger partial charge >= 0.3 is 142 Å². The van der Waals surface area contributed by atoms with Crippen LogP contribution in [0.15, 0.2) is 12.1 Å². The summed E-state index contributed by atoms with van der Waals surface area (Å²) in [6.07, 6.45) is 0. The topological polar surface area (TPSA) is 75.7 Å². The van der Waals surface area contributed by atoms with Crippen LogP contribution in [0.3, 0.4) is 0 Å². The molecular formula is C15H26Cl2NO3P. The molecule has 4 N–H and O–H groups in total. The molecule has 22 heavy (non-hydrogen) atoms. The van der Waals surface area contributed by atoms with Crippen molar-refractivity contribution in [3.8, 4) is 5.75 Å². The van der Waals surface area contributed by atoms with E-state index in [1.165, 1.54) is 0 Å². The minimum absolute atomic E-state index is 0.0890. The van der Waals surface area contributed by atoms with Gasteiger partial charge in [0.1, 0.15) is 0 Å². The van der Waals surface area contributed by atoms with Gasteiger partial charge < -0.3 is 0 Å². The third-order valence-electron chi connectivity index (χ3n) is 3.30. The van der Waals surface area contributed by atoms with Gasteiger partial charge in [-0.15, -0.1) is 0 Å². The van der Waals surface area contributed by atoms with Crippen LogP contribution in [-0.4, -0.2) is 9.79 Å². The van der Waals surface area contributed by atoms with Crippen LogP contribution in [0.25, 0.3) is 0 Å². The first-order chi connectivity index (χ1) is 9.51. The summed E-state index contributed by atoms with van der Waals surface area (Å²) in [4.78, 5) is 19.5. The maximum absolute atomic E-state index is 9.73. The number of hydrogen-bond acceptors (Lipinski definition) is 4. The zero-order valence-corrected chi connectivity index (χ0v) is 16.4. The van der Waals surface area contributed by atoms with Gasteiger partial charge in [0.15, 0.2) is 0 Å². The molecule has 0 spiro atoms. The second-order valence-corrected chi connectivity index (χ2v) is 13.4. The second-order valence-electron chi connectivity index (χ2n) is 7.56. The van der Waals surface area contributed by atoms with Crippen molar-refractivity contribution >= 4 is 28.5 Å². The molecule has 7 heteroatoms. The summed E-state index contributed by atoms with van der Waals surface area (Å²) in [7, 11) is 0. The molecule has 0 saturated heterocycles. The number of nitrogens with two attached hydrogens (primary N) is 1. The van der Waals surface area contributed by atoms with Crippen LogP contribution in [0, 0.1) is 0 Å².